The van der Waals surface area contributed by atoms with Gasteiger partial charge in [0.15, 0.2) is 5.54 Å². The first-order chi connectivity index (χ1) is 10.4. The number of aromatic nitrogens is 2. The van der Waals surface area contributed by atoms with Crippen LogP contribution in [0.25, 0.3) is 10.9 Å². The predicted molar refractivity (Wildman–Crippen MR) is 79.3 cm³/mol. The van der Waals surface area contributed by atoms with Crippen LogP contribution in [0.3, 0.4) is 0 Å². The van der Waals surface area contributed by atoms with E-state index >= 15 is 0 Å². The SMILES string of the molecule is Cc1cccc2nc(C)n([C@]34C=C3CC(=O)NC4=O)c(=O)c12. The third kappa shape index (κ3) is 1.44. The van der Waals surface area contributed by atoms with E-state index in [0.29, 0.717) is 22.3 Å². The van der Waals surface area contributed by atoms with Crippen LogP contribution < -0.4 is 10.9 Å². The topological polar surface area (TPSA) is 81.1 Å². The summed E-state index contributed by atoms with van der Waals surface area (Å²) in [7, 11) is 0. The van der Waals surface area contributed by atoms with Gasteiger partial charge < -0.3 is 0 Å². The molecule has 2 amide bonds. The van der Waals surface area contributed by atoms with Crippen molar-refractivity contribution in [3.8, 4) is 0 Å². The van der Waals surface area contributed by atoms with Crippen LogP contribution in [0.1, 0.15) is 17.8 Å². The number of carbonyl (C=O) groups is 2. The summed E-state index contributed by atoms with van der Waals surface area (Å²) < 4.78 is 1.40. The van der Waals surface area contributed by atoms with Gasteiger partial charge in [-0.2, -0.15) is 0 Å². The summed E-state index contributed by atoms with van der Waals surface area (Å²) in [6.07, 6.45) is 1.82. The van der Waals surface area contributed by atoms with Gasteiger partial charge in [-0.25, -0.2) is 4.98 Å². The Morgan fingerprint density at radius 2 is 2.00 bits per heavy atom. The molecule has 0 radical (unpaired) electrons. The molecular weight excluding hydrogens is 282 g/mol. The standard InChI is InChI=1S/C16H13N3O3/c1-8-4-3-5-11-13(8)14(21)19(9(2)17-11)16-7-10(16)6-12(20)18-15(16)22/h3-5,7H,6H2,1-2H3,(H,18,20,22)/t16-/m1/s1. The number of benzene rings is 1. The van der Waals surface area contributed by atoms with Crippen molar-refractivity contribution in [1.29, 1.82) is 0 Å². The summed E-state index contributed by atoms with van der Waals surface area (Å²) in [5, 5.41) is 2.82. The Morgan fingerprint density at radius 3 is 2.73 bits per heavy atom. The molecule has 1 aliphatic heterocycles. The van der Waals surface area contributed by atoms with Crippen LogP contribution in [-0.2, 0) is 15.1 Å². The molecular formula is C16H13N3O3. The Bertz CT molecular complexity index is 970. The zero-order valence-electron chi connectivity index (χ0n) is 12.1. The number of nitrogens with zero attached hydrogens (tertiary/aromatic N) is 2. The molecule has 1 aromatic carbocycles. The van der Waals surface area contributed by atoms with E-state index < -0.39 is 11.4 Å². The number of rotatable bonds is 1. The third-order valence-electron chi connectivity index (χ3n) is 4.37. The first-order valence-electron chi connectivity index (χ1n) is 7.01. The molecule has 6 heteroatoms. The van der Waals surface area contributed by atoms with Gasteiger partial charge in [0.1, 0.15) is 5.82 Å². The van der Waals surface area contributed by atoms with Crippen molar-refractivity contribution >= 4 is 22.7 Å². The minimum atomic E-state index is -1.14. The lowest BCUT2D eigenvalue weighted by Crippen LogP contribution is -2.51. The first-order valence-corrected chi connectivity index (χ1v) is 7.01. The maximum atomic E-state index is 13.0. The lowest BCUT2D eigenvalue weighted by atomic mass is 10.0. The van der Waals surface area contributed by atoms with Crippen LogP contribution in [-0.4, -0.2) is 21.4 Å². The van der Waals surface area contributed by atoms with Crippen molar-refractivity contribution < 1.29 is 9.59 Å². The zero-order valence-corrected chi connectivity index (χ0v) is 12.1. The second kappa shape index (κ2) is 3.91. The number of piperidine rings is 1. The zero-order chi connectivity index (χ0) is 15.6. The van der Waals surface area contributed by atoms with E-state index in [2.05, 4.69) is 10.3 Å². The molecule has 22 heavy (non-hydrogen) atoms. The summed E-state index contributed by atoms with van der Waals surface area (Å²) in [4.78, 5) is 41.2. The smallest absolute Gasteiger partial charge is 0.263 e. The monoisotopic (exact) mass is 295 g/mol. The van der Waals surface area contributed by atoms with Crippen LogP contribution in [0.4, 0.5) is 0 Å². The maximum Gasteiger partial charge on any atom is 0.263 e. The lowest BCUT2D eigenvalue weighted by Gasteiger charge is -2.26. The minimum absolute atomic E-state index is 0.142. The molecule has 0 spiro atoms. The predicted octanol–water partition coefficient (Wildman–Crippen LogP) is 0.695. The molecule has 1 N–H and O–H groups in total. The fraction of sp³-hybridized carbons (Fsp3) is 0.250. The largest absolute Gasteiger partial charge is 0.294 e. The number of fused-ring (bicyclic) bond motifs is 2. The van der Waals surface area contributed by atoms with Gasteiger partial charge in [-0.3, -0.25) is 24.3 Å². The van der Waals surface area contributed by atoms with Gasteiger partial charge in [0.25, 0.3) is 11.5 Å². The van der Waals surface area contributed by atoms with Crippen LogP contribution in [0.15, 0.2) is 34.6 Å². The molecule has 1 aromatic heterocycles. The van der Waals surface area contributed by atoms with Crippen molar-refractivity contribution in [2.45, 2.75) is 25.8 Å². The van der Waals surface area contributed by atoms with Gasteiger partial charge in [-0.1, -0.05) is 12.1 Å². The van der Waals surface area contributed by atoms with Crippen LogP contribution in [0, 0.1) is 13.8 Å². The molecule has 0 saturated carbocycles. The summed E-state index contributed by atoms with van der Waals surface area (Å²) >= 11 is 0. The molecule has 4 rings (SSSR count). The van der Waals surface area contributed by atoms with Gasteiger partial charge in [0.05, 0.1) is 17.3 Å². The highest BCUT2D eigenvalue weighted by molar-refractivity contribution is 6.10. The van der Waals surface area contributed by atoms with Gasteiger partial charge in [0.2, 0.25) is 5.91 Å². The van der Waals surface area contributed by atoms with E-state index in [4.69, 9.17) is 0 Å². The number of hydrogen-bond acceptors (Lipinski definition) is 4. The van der Waals surface area contributed by atoms with E-state index in [1.807, 2.05) is 19.1 Å². The fourth-order valence-electron chi connectivity index (χ4n) is 3.28. The van der Waals surface area contributed by atoms with Gasteiger partial charge in [-0.15, -0.1) is 0 Å². The molecule has 2 aromatic rings. The second-order valence-electron chi connectivity index (χ2n) is 5.76. The Hall–Kier alpha value is -2.76. The highest BCUT2D eigenvalue weighted by Gasteiger charge is 2.57. The number of aryl methyl sites for hydroxylation is 2. The quantitative estimate of drug-likeness (QED) is 0.620. The average Bonchev–Trinajstić information content (AvgIpc) is 3.13. The molecule has 0 unspecified atom stereocenters. The van der Waals surface area contributed by atoms with E-state index in [0.717, 1.165) is 5.56 Å². The second-order valence-corrected chi connectivity index (χ2v) is 5.76. The highest BCUT2D eigenvalue weighted by atomic mass is 16.2. The van der Waals surface area contributed by atoms with Crippen LogP contribution in [0.2, 0.25) is 0 Å². The minimum Gasteiger partial charge on any atom is -0.294 e. The summed E-state index contributed by atoms with van der Waals surface area (Å²) in [5.74, 6) is -0.350. The van der Waals surface area contributed by atoms with E-state index in [9.17, 15) is 14.4 Å². The summed E-state index contributed by atoms with van der Waals surface area (Å²) in [6.45, 7) is 3.54. The molecule has 2 aliphatic rings. The highest BCUT2D eigenvalue weighted by Crippen LogP contribution is 2.46. The van der Waals surface area contributed by atoms with E-state index in [-0.39, 0.29) is 17.9 Å². The maximum absolute atomic E-state index is 13.0. The number of nitrogens with one attached hydrogen (secondary N) is 1. The Balaban J connectivity index is 2.02. The Kier molecular flexibility index (Phi) is 2.30. The molecule has 0 bridgehead atoms. The molecule has 1 fully saturated rings. The number of amides is 2. The number of carbonyl (C=O) groups excluding carboxylic acids is 2. The van der Waals surface area contributed by atoms with Crippen molar-refractivity contribution in [3.63, 3.8) is 0 Å². The van der Waals surface area contributed by atoms with Gasteiger partial charge in [-0.05, 0) is 37.1 Å². The Morgan fingerprint density at radius 1 is 1.23 bits per heavy atom. The molecule has 1 atom stereocenters. The van der Waals surface area contributed by atoms with E-state index in [1.165, 1.54) is 4.57 Å². The molecule has 110 valence electrons. The first kappa shape index (κ1) is 12.9. The fourth-order valence-corrected chi connectivity index (χ4v) is 3.28. The number of hydrogen-bond donors (Lipinski definition) is 1. The number of imide groups is 1. The average molecular weight is 295 g/mol. The summed E-state index contributed by atoms with van der Waals surface area (Å²) in [5.41, 5.74) is 0.704. The molecule has 2 heterocycles. The van der Waals surface area contributed by atoms with Crippen molar-refractivity contribution in [3.05, 3.63) is 51.6 Å². The Labute approximate surface area is 125 Å². The summed E-state index contributed by atoms with van der Waals surface area (Å²) in [6, 6.07) is 5.47. The normalized spacial score (nSPS) is 23.1. The van der Waals surface area contributed by atoms with Crippen molar-refractivity contribution in [1.82, 2.24) is 14.9 Å². The third-order valence-corrected chi connectivity index (χ3v) is 4.37. The van der Waals surface area contributed by atoms with Crippen LogP contribution in [0.5, 0.6) is 0 Å². The molecule has 1 saturated heterocycles. The van der Waals surface area contributed by atoms with Gasteiger partial charge in [0, 0.05) is 0 Å². The van der Waals surface area contributed by atoms with Crippen molar-refractivity contribution in [2.24, 2.45) is 0 Å². The van der Waals surface area contributed by atoms with Crippen molar-refractivity contribution in [2.75, 3.05) is 0 Å². The van der Waals surface area contributed by atoms with Gasteiger partial charge >= 0.3 is 0 Å². The lowest BCUT2D eigenvalue weighted by molar-refractivity contribution is -0.134. The molecule has 1 aliphatic carbocycles. The van der Waals surface area contributed by atoms with E-state index in [1.54, 1.807) is 19.1 Å². The van der Waals surface area contributed by atoms with Crippen LogP contribution >= 0.6 is 0 Å². The molecule has 6 nitrogen and oxygen atoms in total.